The van der Waals surface area contributed by atoms with Gasteiger partial charge in [-0.3, -0.25) is 0 Å². The van der Waals surface area contributed by atoms with Crippen LogP contribution in [0.5, 0.6) is 0 Å². The molecule has 1 unspecified atom stereocenters. The standard InChI is InChI=1S/C13H21BrN2O/c1-10(12-6-4-5-7-13(12)14)15-8-11(17)9-16(2)3/h4-7,10-11,15,17H,8-9H2,1-3H3/t10-,11?/m0/s1. The molecule has 2 atom stereocenters. The quantitative estimate of drug-likeness (QED) is 0.844. The molecule has 0 heterocycles. The highest BCUT2D eigenvalue weighted by Crippen LogP contribution is 2.22. The van der Waals surface area contributed by atoms with Crippen molar-refractivity contribution in [3.8, 4) is 0 Å². The lowest BCUT2D eigenvalue weighted by Gasteiger charge is -2.20. The van der Waals surface area contributed by atoms with Crippen molar-refractivity contribution in [1.29, 1.82) is 0 Å². The Labute approximate surface area is 112 Å². The Morgan fingerprint density at radius 1 is 1.35 bits per heavy atom. The molecule has 96 valence electrons. The number of nitrogens with one attached hydrogen (secondary N) is 1. The van der Waals surface area contributed by atoms with Gasteiger partial charge in [-0.25, -0.2) is 0 Å². The predicted octanol–water partition coefficient (Wildman–Crippen LogP) is 2.02. The van der Waals surface area contributed by atoms with E-state index in [1.165, 1.54) is 5.56 Å². The van der Waals surface area contributed by atoms with Gasteiger partial charge in [0.1, 0.15) is 0 Å². The molecule has 2 N–H and O–H groups in total. The smallest absolute Gasteiger partial charge is 0.0791 e. The number of halogens is 1. The van der Waals surface area contributed by atoms with E-state index in [4.69, 9.17) is 0 Å². The summed E-state index contributed by atoms with van der Waals surface area (Å²) >= 11 is 3.53. The Kier molecular flexibility index (Phi) is 6.12. The predicted molar refractivity (Wildman–Crippen MR) is 75.1 cm³/mol. The summed E-state index contributed by atoms with van der Waals surface area (Å²) in [5.74, 6) is 0. The molecule has 4 heteroatoms. The van der Waals surface area contributed by atoms with Gasteiger partial charge in [-0.05, 0) is 32.6 Å². The summed E-state index contributed by atoms with van der Waals surface area (Å²) in [5, 5.41) is 13.1. The number of nitrogens with zero attached hydrogens (tertiary/aromatic N) is 1. The van der Waals surface area contributed by atoms with Crippen molar-refractivity contribution in [3.63, 3.8) is 0 Å². The molecule has 0 amide bonds. The Bertz CT molecular complexity index is 344. The second-order valence-electron chi connectivity index (χ2n) is 4.57. The highest BCUT2D eigenvalue weighted by molar-refractivity contribution is 9.10. The van der Waals surface area contributed by atoms with Crippen LogP contribution in [0.4, 0.5) is 0 Å². The molecule has 1 aromatic rings. The first-order valence-corrected chi connectivity index (χ1v) is 6.60. The van der Waals surface area contributed by atoms with Crippen LogP contribution in [0.1, 0.15) is 18.5 Å². The van der Waals surface area contributed by atoms with Crippen LogP contribution in [0, 0.1) is 0 Å². The molecule has 1 rings (SSSR count). The van der Waals surface area contributed by atoms with Gasteiger partial charge in [0, 0.05) is 23.6 Å². The van der Waals surface area contributed by atoms with Crippen LogP contribution < -0.4 is 5.32 Å². The number of likely N-dealkylation sites (N-methyl/N-ethyl adjacent to an activating group) is 1. The Balaban J connectivity index is 2.45. The number of hydrogen-bond donors (Lipinski definition) is 2. The minimum atomic E-state index is -0.338. The minimum absolute atomic E-state index is 0.224. The first kappa shape index (κ1) is 14.6. The van der Waals surface area contributed by atoms with Gasteiger partial charge in [0.2, 0.25) is 0 Å². The van der Waals surface area contributed by atoms with Crippen LogP contribution in [0.15, 0.2) is 28.7 Å². The van der Waals surface area contributed by atoms with Crippen LogP contribution in [0.3, 0.4) is 0 Å². The fourth-order valence-corrected chi connectivity index (χ4v) is 2.36. The zero-order valence-electron chi connectivity index (χ0n) is 10.7. The van der Waals surface area contributed by atoms with Crippen molar-refractivity contribution in [2.75, 3.05) is 27.2 Å². The molecule has 0 radical (unpaired) electrons. The fourth-order valence-electron chi connectivity index (χ4n) is 1.74. The van der Waals surface area contributed by atoms with E-state index in [1.807, 2.05) is 37.2 Å². The van der Waals surface area contributed by atoms with Crippen molar-refractivity contribution in [3.05, 3.63) is 34.3 Å². The van der Waals surface area contributed by atoms with Crippen LogP contribution in [0.25, 0.3) is 0 Å². The monoisotopic (exact) mass is 300 g/mol. The van der Waals surface area contributed by atoms with E-state index in [1.54, 1.807) is 0 Å². The van der Waals surface area contributed by atoms with E-state index >= 15 is 0 Å². The summed E-state index contributed by atoms with van der Waals surface area (Å²) in [6.45, 7) is 3.37. The van der Waals surface area contributed by atoms with Crippen LogP contribution in [0.2, 0.25) is 0 Å². The third-order valence-electron chi connectivity index (χ3n) is 2.61. The van der Waals surface area contributed by atoms with E-state index in [0.717, 1.165) is 4.47 Å². The van der Waals surface area contributed by atoms with Crippen molar-refractivity contribution in [1.82, 2.24) is 10.2 Å². The molecule has 0 aromatic heterocycles. The van der Waals surface area contributed by atoms with Gasteiger partial charge in [-0.2, -0.15) is 0 Å². The zero-order valence-corrected chi connectivity index (χ0v) is 12.2. The molecule has 0 aliphatic heterocycles. The Morgan fingerprint density at radius 3 is 2.59 bits per heavy atom. The van der Waals surface area contributed by atoms with Gasteiger partial charge in [-0.1, -0.05) is 34.1 Å². The number of aliphatic hydroxyl groups excluding tert-OH is 1. The lowest BCUT2D eigenvalue weighted by molar-refractivity contribution is 0.132. The second-order valence-corrected chi connectivity index (χ2v) is 5.42. The molecule has 0 bridgehead atoms. The molecular formula is C13H21BrN2O. The van der Waals surface area contributed by atoms with E-state index in [9.17, 15) is 5.11 Å². The maximum atomic E-state index is 9.77. The van der Waals surface area contributed by atoms with E-state index < -0.39 is 0 Å². The van der Waals surface area contributed by atoms with Crippen molar-refractivity contribution < 1.29 is 5.11 Å². The highest BCUT2D eigenvalue weighted by atomic mass is 79.9. The normalized spacial score (nSPS) is 14.9. The van der Waals surface area contributed by atoms with Gasteiger partial charge < -0.3 is 15.3 Å². The minimum Gasteiger partial charge on any atom is -0.390 e. The third kappa shape index (κ3) is 5.17. The SMILES string of the molecule is C[C@H](NCC(O)CN(C)C)c1ccccc1Br. The average Bonchev–Trinajstić information content (AvgIpc) is 2.25. The van der Waals surface area contributed by atoms with Gasteiger partial charge >= 0.3 is 0 Å². The second kappa shape index (κ2) is 7.11. The molecular weight excluding hydrogens is 280 g/mol. The van der Waals surface area contributed by atoms with Gasteiger partial charge in [0.15, 0.2) is 0 Å². The van der Waals surface area contributed by atoms with E-state index in [2.05, 4.69) is 34.2 Å². The third-order valence-corrected chi connectivity index (χ3v) is 3.33. The lowest BCUT2D eigenvalue weighted by atomic mass is 10.1. The summed E-state index contributed by atoms with van der Waals surface area (Å²) in [4.78, 5) is 1.98. The molecule has 0 aliphatic carbocycles. The molecule has 17 heavy (non-hydrogen) atoms. The summed E-state index contributed by atoms with van der Waals surface area (Å²) in [6, 6.07) is 8.36. The zero-order chi connectivity index (χ0) is 12.8. The van der Waals surface area contributed by atoms with Crippen LogP contribution in [-0.2, 0) is 0 Å². The number of hydrogen-bond acceptors (Lipinski definition) is 3. The van der Waals surface area contributed by atoms with Crippen LogP contribution in [-0.4, -0.2) is 43.3 Å². The number of benzene rings is 1. The molecule has 0 saturated carbocycles. The maximum Gasteiger partial charge on any atom is 0.0791 e. The number of rotatable bonds is 6. The molecule has 3 nitrogen and oxygen atoms in total. The van der Waals surface area contributed by atoms with Gasteiger partial charge in [0.05, 0.1) is 6.10 Å². The summed E-state index contributed by atoms with van der Waals surface area (Å²) in [5.41, 5.74) is 1.21. The fraction of sp³-hybridized carbons (Fsp3) is 0.538. The maximum absolute atomic E-state index is 9.77. The summed E-state index contributed by atoms with van der Waals surface area (Å²) in [6.07, 6.45) is -0.338. The first-order valence-electron chi connectivity index (χ1n) is 5.81. The largest absolute Gasteiger partial charge is 0.390 e. The molecule has 1 aromatic carbocycles. The Morgan fingerprint density at radius 2 is 2.00 bits per heavy atom. The van der Waals surface area contributed by atoms with Crippen LogP contribution >= 0.6 is 15.9 Å². The van der Waals surface area contributed by atoms with Crippen molar-refractivity contribution >= 4 is 15.9 Å². The topological polar surface area (TPSA) is 35.5 Å². The van der Waals surface area contributed by atoms with Gasteiger partial charge in [0.25, 0.3) is 0 Å². The van der Waals surface area contributed by atoms with E-state index in [-0.39, 0.29) is 12.1 Å². The van der Waals surface area contributed by atoms with Gasteiger partial charge in [-0.15, -0.1) is 0 Å². The van der Waals surface area contributed by atoms with Crippen molar-refractivity contribution in [2.45, 2.75) is 19.1 Å². The first-order chi connectivity index (χ1) is 8.00. The highest BCUT2D eigenvalue weighted by Gasteiger charge is 2.11. The lowest BCUT2D eigenvalue weighted by Crippen LogP contribution is -2.36. The van der Waals surface area contributed by atoms with E-state index in [0.29, 0.717) is 13.1 Å². The molecule has 0 fully saturated rings. The Hall–Kier alpha value is -0.420. The number of aliphatic hydroxyl groups is 1. The average molecular weight is 301 g/mol. The molecule has 0 saturated heterocycles. The summed E-state index contributed by atoms with van der Waals surface area (Å²) in [7, 11) is 3.92. The summed E-state index contributed by atoms with van der Waals surface area (Å²) < 4.78 is 1.10. The van der Waals surface area contributed by atoms with Crippen molar-refractivity contribution in [2.24, 2.45) is 0 Å². The molecule has 0 aliphatic rings. The molecule has 0 spiro atoms.